The van der Waals surface area contributed by atoms with Crippen molar-refractivity contribution in [1.82, 2.24) is 14.7 Å². The van der Waals surface area contributed by atoms with E-state index < -0.39 is 35.4 Å². The highest BCUT2D eigenvalue weighted by atomic mass is 19.4. The maximum absolute atomic E-state index is 13.4. The van der Waals surface area contributed by atoms with Crippen molar-refractivity contribution in [3.63, 3.8) is 0 Å². The van der Waals surface area contributed by atoms with Gasteiger partial charge in [-0.1, -0.05) is 13.0 Å². The Morgan fingerprint density at radius 3 is 2.43 bits per heavy atom. The highest BCUT2D eigenvalue weighted by Crippen LogP contribution is 2.48. The molecule has 2 aromatic carbocycles. The van der Waals surface area contributed by atoms with E-state index in [1.54, 1.807) is 44.2 Å². The average Bonchev–Trinajstić information content (AvgIpc) is 3.39. The van der Waals surface area contributed by atoms with Crippen LogP contribution in [0.2, 0.25) is 0 Å². The molecule has 8 nitrogen and oxygen atoms in total. The average molecular weight is 483 g/mol. The minimum absolute atomic E-state index is 0.0626. The van der Waals surface area contributed by atoms with Gasteiger partial charge in [-0.25, -0.2) is 19.2 Å². The van der Waals surface area contributed by atoms with Crippen LogP contribution in [0.25, 0.3) is 5.69 Å². The zero-order valence-electron chi connectivity index (χ0n) is 18.7. The number of aromatic nitrogens is 2. The predicted molar refractivity (Wildman–Crippen MR) is 119 cm³/mol. The molecule has 0 radical (unpaired) electrons. The molecule has 1 aliphatic heterocycles. The minimum Gasteiger partial charge on any atom is -0.465 e. The highest BCUT2D eigenvalue weighted by molar-refractivity contribution is 6.04. The molecule has 11 heteroatoms. The number of halogens is 3. The van der Waals surface area contributed by atoms with Crippen molar-refractivity contribution in [2.24, 2.45) is 0 Å². The summed E-state index contributed by atoms with van der Waals surface area (Å²) in [7, 11) is 0. The number of rotatable bonds is 4. The predicted octanol–water partition coefficient (Wildman–Crippen LogP) is 5.59. The normalized spacial score (nSPS) is 20.2. The summed E-state index contributed by atoms with van der Waals surface area (Å²) in [5.74, 6) is 0. The number of nitriles is 1. The largest absolute Gasteiger partial charge is 0.465 e. The number of imide groups is 1. The fourth-order valence-electron chi connectivity index (χ4n) is 4.47. The molecule has 180 valence electrons. The minimum atomic E-state index is -4.64. The summed E-state index contributed by atoms with van der Waals surface area (Å²) in [5, 5.41) is 23.3. The lowest BCUT2D eigenvalue weighted by Gasteiger charge is -2.37. The Balaban J connectivity index is 1.89. The molecule has 0 bridgehead atoms. The van der Waals surface area contributed by atoms with E-state index in [1.165, 1.54) is 23.0 Å². The van der Waals surface area contributed by atoms with Gasteiger partial charge in [-0.3, -0.25) is 4.90 Å². The smallest absolute Gasteiger partial charge is 0.416 e. The summed E-state index contributed by atoms with van der Waals surface area (Å²) in [6.07, 6.45) is -4.51. The van der Waals surface area contributed by atoms with E-state index in [2.05, 4.69) is 5.10 Å². The van der Waals surface area contributed by atoms with Crippen LogP contribution in [0.4, 0.5) is 28.4 Å². The van der Waals surface area contributed by atoms with Gasteiger partial charge in [0.05, 0.1) is 34.1 Å². The second-order valence-electron chi connectivity index (χ2n) is 8.26. The van der Waals surface area contributed by atoms with Crippen LogP contribution >= 0.6 is 0 Å². The lowest BCUT2D eigenvalue weighted by Crippen LogP contribution is -2.46. The molecule has 1 saturated heterocycles. The summed E-state index contributed by atoms with van der Waals surface area (Å²) >= 11 is 0. The summed E-state index contributed by atoms with van der Waals surface area (Å²) in [6.45, 7) is 3.36. The van der Waals surface area contributed by atoms with Crippen molar-refractivity contribution in [3.05, 3.63) is 77.6 Å². The number of hydrogen-bond donors (Lipinski definition) is 1. The fourth-order valence-corrected chi connectivity index (χ4v) is 4.47. The Kier molecular flexibility index (Phi) is 5.76. The first-order valence-electron chi connectivity index (χ1n) is 10.6. The van der Waals surface area contributed by atoms with Crippen LogP contribution < -0.4 is 4.90 Å². The molecule has 3 aromatic rings. The molecule has 4 rings (SSSR count). The van der Waals surface area contributed by atoms with Crippen molar-refractivity contribution in [2.45, 2.75) is 38.0 Å². The van der Waals surface area contributed by atoms with E-state index >= 15 is 0 Å². The number of amides is 3. The number of nitrogens with zero attached hydrogens (tertiary/aromatic N) is 5. The van der Waals surface area contributed by atoms with E-state index in [-0.39, 0.29) is 12.1 Å². The van der Waals surface area contributed by atoms with Crippen molar-refractivity contribution < 1.29 is 27.9 Å². The third kappa shape index (κ3) is 3.86. The summed E-state index contributed by atoms with van der Waals surface area (Å²) < 4.78 is 41.6. The Morgan fingerprint density at radius 1 is 1.17 bits per heavy atom. The van der Waals surface area contributed by atoms with Crippen LogP contribution in [-0.4, -0.2) is 37.5 Å². The van der Waals surface area contributed by atoms with E-state index in [1.807, 2.05) is 6.07 Å². The number of urea groups is 1. The number of carbonyl (C=O) groups excluding carboxylic acids is 1. The second kappa shape index (κ2) is 8.47. The van der Waals surface area contributed by atoms with Crippen LogP contribution in [0.3, 0.4) is 0 Å². The number of benzene rings is 2. The quantitative estimate of drug-likeness (QED) is 0.521. The van der Waals surface area contributed by atoms with Gasteiger partial charge in [0.2, 0.25) is 0 Å². The van der Waals surface area contributed by atoms with Crippen LogP contribution in [0.1, 0.15) is 43.1 Å². The van der Waals surface area contributed by atoms with E-state index in [0.717, 1.165) is 17.0 Å². The first kappa shape index (κ1) is 23.8. The molecule has 1 aromatic heterocycles. The Bertz CT molecular complexity index is 1330. The van der Waals surface area contributed by atoms with Crippen LogP contribution in [0.5, 0.6) is 0 Å². The third-order valence-corrected chi connectivity index (χ3v) is 6.30. The van der Waals surface area contributed by atoms with Gasteiger partial charge in [-0.2, -0.15) is 23.5 Å². The Morgan fingerprint density at radius 2 is 1.86 bits per heavy atom. The molecule has 1 fully saturated rings. The van der Waals surface area contributed by atoms with Gasteiger partial charge in [0, 0.05) is 11.9 Å². The Hall–Kier alpha value is -4.33. The summed E-state index contributed by atoms with van der Waals surface area (Å²) in [5.41, 5.74) is -0.965. The number of alkyl halides is 3. The first-order valence-corrected chi connectivity index (χ1v) is 10.6. The molecule has 1 aliphatic rings. The third-order valence-electron chi connectivity index (χ3n) is 6.30. The molecule has 0 aliphatic carbocycles. The van der Waals surface area contributed by atoms with Crippen molar-refractivity contribution in [3.8, 4) is 11.8 Å². The molecule has 2 heterocycles. The van der Waals surface area contributed by atoms with E-state index in [4.69, 9.17) is 5.26 Å². The summed E-state index contributed by atoms with van der Waals surface area (Å²) in [6, 6.07) is 12.2. The molecule has 2 unspecified atom stereocenters. The monoisotopic (exact) mass is 483 g/mol. The fraction of sp³-hybridized carbons (Fsp3) is 0.250. The van der Waals surface area contributed by atoms with E-state index in [0.29, 0.717) is 21.8 Å². The van der Waals surface area contributed by atoms with Gasteiger partial charge >= 0.3 is 18.3 Å². The molecule has 1 N–H and O–H groups in total. The lowest BCUT2D eigenvalue weighted by atomic mass is 9.86. The standard InChI is InChI=1S/C24H20F3N5O3/c1-3-23(2)20(19-11-12-29-32(19)17-9-7-15(14-28)8-10-17)30(22(34)35)21(33)31(23)18-6-4-5-16(13-18)24(25,26)27/h4-13,20H,3H2,1-2H3,(H,34,35). The van der Waals surface area contributed by atoms with Gasteiger partial charge < -0.3 is 5.11 Å². The van der Waals surface area contributed by atoms with Gasteiger partial charge in [0.25, 0.3) is 0 Å². The number of carboxylic acid groups (broad SMARTS) is 1. The van der Waals surface area contributed by atoms with Crippen molar-refractivity contribution in [1.29, 1.82) is 5.26 Å². The lowest BCUT2D eigenvalue weighted by molar-refractivity contribution is -0.137. The van der Waals surface area contributed by atoms with Crippen LogP contribution in [0, 0.1) is 11.3 Å². The molecule has 2 atom stereocenters. The maximum Gasteiger partial charge on any atom is 0.416 e. The van der Waals surface area contributed by atoms with Gasteiger partial charge in [0.1, 0.15) is 6.04 Å². The van der Waals surface area contributed by atoms with Crippen LogP contribution in [0.15, 0.2) is 60.8 Å². The topological polar surface area (TPSA) is 102 Å². The molecular weight excluding hydrogens is 463 g/mol. The van der Waals surface area contributed by atoms with Crippen LogP contribution in [-0.2, 0) is 6.18 Å². The van der Waals surface area contributed by atoms with Gasteiger partial charge in [-0.05, 0) is 61.9 Å². The number of carbonyl (C=O) groups is 2. The highest BCUT2D eigenvalue weighted by Gasteiger charge is 2.58. The van der Waals surface area contributed by atoms with Crippen molar-refractivity contribution >= 4 is 17.8 Å². The van der Waals surface area contributed by atoms with Gasteiger partial charge in [-0.15, -0.1) is 0 Å². The zero-order chi connectivity index (χ0) is 25.5. The molecule has 3 amide bonds. The number of hydrogen-bond acceptors (Lipinski definition) is 4. The van der Waals surface area contributed by atoms with Gasteiger partial charge in [0.15, 0.2) is 0 Å². The van der Waals surface area contributed by atoms with E-state index in [9.17, 15) is 27.9 Å². The zero-order valence-corrected chi connectivity index (χ0v) is 18.7. The molecule has 0 spiro atoms. The molecule has 35 heavy (non-hydrogen) atoms. The SMILES string of the molecule is CCC1(C)C(c2ccnn2-c2ccc(C#N)cc2)N(C(=O)O)C(=O)N1c1cccc(C(F)(F)F)c1. The maximum atomic E-state index is 13.4. The first-order chi connectivity index (χ1) is 16.5. The molecule has 0 saturated carbocycles. The Labute approximate surface area is 198 Å². The summed E-state index contributed by atoms with van der Waals surface area (Å²) in [4.78, 5) is 27.5. The number of anilines is 1. The van der Waals surface area contributed by atoms with Crippen molar-refractivity contribution in [2.75, 3.05) is 4.90 Å². The second-order valence-corrected chi connectivity index (χ2v) is 8.26. The molecular formula is C24H20F3N5O3.